The van der Waals surface area contributed by atoms with Gasteiger partial charge in [0, 0.05) is 25.0 Å². The van der Waals surface area contributed by atoms with Gasteiger partial charge in [0.15, 0.2) is 11.4 Å². The molecule has 1 amide bonds. The molecule has 0 unspecified atom stereocenters. The summed E-state index contributed by atoms with van der Waals surface area (Å²) in [6, 6.07) is 3.15. The first kappa shape index (κ1) is 25.6. The van der Waals surface area contributed by atoms with E-state index in [2.05, 4.69) is 11.6 Å². The lowest BCUT2D eigenvalue weighted by atomic mass is 9.87. The fourth-order valence-electron chi connectivity index (χ4n) is 5.70. The number of benzene rings is 1. The zero-order valence-corrected chi connectivity index (χ0v) is 22.2. The number of aromatic hydroxyl groups is 1. The van der Waals surface area contributed by atoms with Crippen molar-refractivity contribution >= 4 is 34.4 Å². The third-order valence-electron chi connectivity index (χ3n) is 7.79. The average molecular weight is 556 g/mol. The van der Waals surface area contributed by atoms with E-state index >= 15 is 4.39 Å². The predicted octanol–water partition coefficient (Wildman–Crippen LogP) is 3.15. The highest BCUT2D eigenvalue weighted by molar-refractivity contribution is 6.36. The van der Waals surface area contributed by atoms with Crippen LogP contribution in [0.1, 0.15) is 19.9 Å². The number of phenols is 1. The van der Waals surface area contributed by atoms with Gasteiger partial charge in [-0.2, -0.15) is 4.98 Å². The second kappa shape index (κ2) is 9.20. The first-order valence-electron chi connectivity index (χ1n) is 12.6. The van der Waals surface area contributed by atoms with Crippen molar-refractivity contribution in [2.75, 3.05) is 44.4 Å². The summed E-state index contributed by atoms with van der Waals surface area (Å²) in [6.07, 6.45) is 1.26. The highest BCUT2D eigenvalue weighted by Gasteiger charge is 2.42. The normalized spacial score (nSPS) is 21.8. The maximum Gasteiger partial charge on any atom is 0.351 e. The summed E-state index contributed by atoms with van der Waals surface area (Å²) < 4.78 is 28.5. The van der Waals surface area contributed by atoms with Crippen LogP contribution in [0.2, 0.25) is 5.02 Å². The van der Waals surface area contributed by atoms with E-state index in [0.717, 1.165) is 0 Å². The number of aromatic nitrogens is 3. The van der Waals surface area contributed by atoms with Gasteiger partial charge >= 0.3 is 5.69 Å². The van der Waals surface area contributed by atoms with Gasteiger partial charge in [0.05, 0.1) is 30.9 Å². The summed E-state index contributed by atoms with van der Waals surface area (Å²) in [4.78, 5) is 38.9. The van der Waals surface area contributed by atoms with E-state index in [4.69, 9.17) is 26.1 Å². The van der Waals surface area contributed by atoms with Gasteiger partial charge in [0.1, 0.15) is 40.1 Å². The Morgan fingerprint density at radius 2 is 2.08 bits per heavy atom. The first-order chi connectivity index (χ1) is 18.6. The van der Waals surface area contributed by atoms with Gasteiger partial charge in [-0.25, -0.2) is 14.2 Å². The fraction of sp³-hybridized carbons (Fsp3) is 0.407. The second-order valence-electron chi connectivity index (χ2n) is 10.7. The fourth-order valence-corrected chi connectivity index (χ4v) is 5.98. The van der Waals surface area contributed by atoms with Gasteiger partial charge in [-0.1, -0.05) is 38.1 Å². The number of rotatable bonds is 3. The third-order valence-corrected chi connectivity index (χ3v) is 8.14. The molecule has 1 N–H and O–H groups in total. The zero-order valence-electron chi connectivity index (χ0n) is 21.5. The molecule has 0 aliphatic carbocycles. The maximum atomic E-state index is 15.1. The molecule has 204 valence electrons. The smallest absolute Gasteiger partial charge is 0.351 e. The molecule has 2 atom stereocenters. The number of carbonyl (C=O) groups excluding carboxylic acids is 1. The Bertz CT molecular complexity index is 1570. The maximum absolute atomic E-state index is 15.1. The number of phenolic OH excluding ortho intramolecular Hbond substituents is 1. The van der Waals surface area contributed by atoms with Crippen molar-refractivity contribution in [1.29, 1.82) is 0 Å². The molecule has 10 nitrogen and oxygen atoms in total. The van der Waals surface area contributed by atoms with Gasteiger partial charge in [-0.15, -0.1) is 0 Å². The summed E-state index contributed by atoms with van der Waals surface area (Å²) >= 11 is 6.85. The molecule has 2 fully saturated rings. The van der Waals surface area contributed by atoms with Crippen LogP contribution in [0.4, 0.5) is 10.2 Å². The Hall–Kier alpha value is -3.70. The Morgan fingerprint density at radius 1 is 1.28 bits per heavy atom. The summed E-state index contributed by atoms with van der Waals surface area (Å²) in [5.41, 5.74) is -1.03. The molecule has 2 aromatic heterocycles. The molecule has 39 heavy (non-hydrogen) atoms. The molecular weight excluding hydrogens is 529 g/mol. The van der Waals surface area contributed by atoms with Crippen molar-refractivity contribution in [2.24, 2.45) is 5.41 Å². The SMILES string of the molecule is C=CC(=O)N1CCN2c3nc(=O)n([C@H]4COCC4(C)C)c4nc(-c5c(O)cccc5F)c(Cl)c(c34)OC[C@H]2C1. The monoisotopic (exact) mass is 555 g/mol. The van der Waals surface area contributed by atoms with E-state index in [9.17, 15) is 14.7 Å². The lowest BCUT2D eigenvalue weighted by Gasteiger charge is -2.40. The van der Waals surface area contributed by atoms with E-state index in [-0.39, 0.29) is 58.6 Å². The second-order valence-corrected chi connectivity index (χ2v) is 11.1. The first-order valence-corrected chi connectivity index (χ1v) is 13.0. The minimum Gasteiger partial charge on any atom is -0.507 e. The van der Waals surface area contributed by atoms with Gasteiger partial charge < -0.3 is 24.4 Å². The molecule has 5 heterocycles. The zero-order chi connectivity index (χ0) is 27.6. The summed E-state index contributed by atoms with van der Waals surface area (Å²) in [6.45, 7) is 9.45. The topological polar surface area (TPSA) is 110 Å². The van der Waals surface area contributed by atoms with E-state index in [1.807, 2.05) is 18.7 Å². The molecule has 0 bridgehead atoms. The van der Waals surface area contributed by atoms with E-state index in [1.54, 1.807) is 4.90 Å². The highest BCUT2D eigenvalue weighted by Crippen LogP contribution is 2.48. The molecule has 6 rings (SSSR count). The standard InChI is InChI=1S/C27H27ClFN5O5/c1-4-18(36)32-8-9-33-14(10-32)11-39-23-20-24(33)31-26(37)34(17-12-38-13-27(17,2)3)25(20)30-22(21(23)28)19-15(29)6-5-7-16(19)35/h4-7,14,17,35H,1,8-13H2,2-3H3/t14-,17+/m1/s1. The Labute approximate surface area is 228 Å². The van der Waals surface area contributed by atoms with E-state index in [1.165, 1.54) is 28.8 Å². The van der Waals surface area contributed by atoms with Crippen LogP contribution in [0.15, 0.2) is 35.6 Å². The largest absolute Gasteiger partial charge is 0.507 e. The van der Waals surface area contributed by atoms with Crippen LogP contribution in [0.25, 0.3) is 22.3 Å². The van der Waals surface area contributed by atoms with Crippen LogP contribution in [-0.2, 0) is 9.53 Å². The number of piperazine rings is 1. The lowest BCUT2D eigenvalue weighted by molar-refractivity contribution is -0.126. The van der Waals surface area contributed by atoms with Crippen LogP contribution < -0.4 is 15.3 Å². The molecule has 1 aromatic carbocycles. The molecule has 0 radical (unpaired) electrons. The molecule has 2 saturated heterocycles. The summed E-state index contributed by atoms with van der Waals surface area (Å²) in [7, 11) is 0. The number of amides is 1. The van der Waals surface area contributed by atoms with Crippen LogP contribution >= 0.6 is 11.6 Å². The van der Waals surface area contributed by atoms with Crippen LogP contribution in [0, 0.1) is 11.2 Å². The highest BCUT2D eigenvalue weighted by atomic mass is 35.5. The number of hydrogen-bond donors (Lipinski definition) is 1. The van der Waals surface area contributed by atoms with Crippen molar-refractivity contribution in [2.45, 2.75) is 25.9 Å². The number of nitrogens with zero attached hydrogens (tertiary/aromatic N) is 5. The lowest BCUT2D eigenvalue weighted by Crippen LogP contribution is -2.56. The minimum atomic E-state index is -0.728. The van der Waals surface area contributed by atoms with Crippen LogP contribution in [0.5, 0.6) is 11.5 Å². The molecule has 12 heteroatoms. The molecule has 0 spiro atoms. The average Bonchev–Trinajstić information content (AvgIpc) is 3.16. The van der Waals surface area contributed by atoms with Crippen molar-refractivity contribution in [1.82, 2.24) is 19.4 Å². The van der Waals surface area contributed by atoms with Crippen LogP contribution in [-0.4, -0.2) is 75.9 Å². The van der Waals surface area contributed by atoms with Gasteiger partial charge in [-0.05, 0) is 18.2 Å². The van der Waals surface area contributed by atoms with Gasteiger partial charge in [-0.3, -0.25) is 9.36 Å². The summed E-state index contributed by atoms with van der Waals surface area (Å²) in [5, 5.41) is 11.0. The van der Waals surface area contributed by atoms with Gasteiger partial charge in [0.2, 0.25) is 5.91 Å². The number of hydrogen-bond acceptors (Lipinski definition) is 8. The van der Waals surface area contributed by atoms with Crippen molar-refractivity contribution in [3.63, 3.8) is 0 Å². The Kier molecular flexibility index (Phi) is 6.03. The Balaban J connectivity index is 1.65. The number of carbonyl (C=O) groups is 1. The quantitative estimate of drug-likeness (QED) is 0.491. The van der Waals surface area contributed by atoms with Crippen molar-refractivity contribution < 1.29 is 23.8 Å². The minimum absolute atomic E-state index is 0.0167. The number of halogens is 2. The van der Waals surface area contributed by atoms with Crippen LogP contribution in [0.3, 0.4) is 0 Å². The molecule has 3 aliphatic heterocycles. The number of fused-ring (bicyclic) bond motifs is 2. The summed E-state index contributed by atoms with van der Waals surface area (Å²) in [5.74, 6) is -0.764. The van der Waals surface area contributed by atoms with Crippen molar-refractivity contribution in [3.8, 4) is 22.8 Å². The molecule has 0 saturated carbocycles. The third kappa shape index (κ3) is 3.94. The molecule has 3 aromatic rings. The molecule has 3 aliphatic rings. The number of pyridine rings is 1. The Morgan fingerprint density at radius 3 is 2.77 bits per heavy atom. The van der Waals surface area contributed by atoms with E-state index in [0.29, 0.717) is 37.4 Å². The number of ether oxygens (including phenoxy) is 2. The predicted molar refractivity (Wildman–Crippen MR) is 143 cm³/mol. The molecular formula is C27H27ClFN5O5. The number of anilines is 1. The van der Waals surface area contributed by atoms with Crippen molar-refractivity contribution in [3.05, 3.63) is 52.2 Å². The van der Waals surface area contributed by atoms with E-state index < -0.39 is 23.0 Å². The van der Waals surface area contributed by atoms with Gasteiger partial charge in [0.25, 0.3) is 0 Å².